The van der Waals surface area contributed by atoms with Gasteiger partial charge in [0.1, 0.15) is 12.3 Å². The SMILES string of the molecule is Cc1cc2c(cc1Cl)c(C1CCN(S(=O)(=O)c3ccc(OC(C)C)cc3)C1)cn2CC(=O)O. The Balaban J connectivity index is 1.62. The fourth-order valence-corrected chi connectivity index (χ4v) is 6.02. The van der Waals surface area contributed by atoms with Gasteiger partial charge in [-0.25, -0.2) is 8.42 Å². The number of rotatable bonds is 7. The molecule has 0 aliphatic carbocycles. The molecule has 3 aromatic rings. The predicted octanol–water partition coefficient (Wildman–Crippen LogP) is 4.65. The molecule has 1 saturated heterocycles. The second kappa shape index (κ2) is 9.00. The quantitative estimate of drug-likeness (QED) is 0.520. The van der Waals surface area contributed by atoms with E-state index in [1.165, 1.54) is 4.31 Å². The highest BCUT2D eigenvalue weighted by Crippen LogP contribution is 2.38. The highest BCUT2D eigenvalue weighted by Gasteiger charge is 2.34. The Hall–Kier alpha value is -2.55. The molecule has 0 saturated carbocycles. The van der Waals surface area contributed by atoms with E-state index in [4.69, 9.17) is 16.3 Å². The van der Waals surface area contributed by atoms with Gasteiger partial charge >= 0.3 is 5.97 Å². The summed E-state index contributed by atoms with van der Waals surface area (Å²) in [6.07, 6.45) is 2.48. The first kappa shape index (κ1) is 23.6. The van der Waals surface area contributed by atoms with Crippen molar-refractivity contribution in [3.63, 3.8) is 0 Å². The molecule has 1 atom stereocenters. The van der Waals surface area contributed by atoms with E-state index in [2.05, 4.69) is 0 Å². The van der Waals surface area contributed by atoms with Crippen LogP contribution in [0.3, 0.4) is 0 Å². The minimum Gasteiger partial charge on any atom is -0.491 e. The van der Waals surface area contributed by atoms with Crippen LogP contribution in [0.4, 0.5) is 0 Å². The Bertz CT molecular complexity index is 1300. The molecule has 9 heteroatoms. The highest BCUT2D eigenvalue weighted by molar-refractivity contribution is 7.89. The summed E-state index contributed by atoms with van der Waals surface area (Å²) in [6, 6.07) is 10.2. The van der Waals surface area contributed by atoms with Gasteiger partial charge in [0.15, 0.2) is 0 Å². The summed E-state index contributed by atoms with van der Waals surface area (Å²) < 4.78 is 35.3. The Morgan fingerprint density at radius 3 is 2.58 bits per heavy atom. The second-order valence-electron chi connectivity index (χ2n) is 8.71. The fraction of sp³-hybridized carbons (Fsp3) is 0.375. The van der Waals surface area contributed by atoms with Crippen molar-refractivity contribution in [3.8, 4) is 5.75 Å². The number of halogens is 1. The van der Waals surface area contributed by atoms with Crippen LogP contribution in [-0.4, -0.2) is 47.6 Å². The number of sulfonamides is 1. The van der Waals surface area contributed by atoms with E-state index in [1.807, 2.05) is 39.1 Å². The van der Waals surface area contributed by atoms with E-state index in [-0.39, 0.29) is 23.5 Å². The lowest BCUT2D eigenvalue weighted by atomic mass is 9.97. The maximum Gasteiger partial charge on any atom is 0.323 e. The molecule has 1 aromatic heterocycles. The van der Waals surface area contributed by atoms with Crippen LogP contribution in [0.2, 0.25) is 5.02 Å². The standard InChI is InChI=1S/C24H27ClN2O5S/c1-15(2)32-18-4-6-19(7-5-18)33(30,31)27-9-8-17(12-27)21-13-26(14-24(28)29)23-10-16(3)22(25)11-20(21)23/h4-7,10-11,13,15,17H,8-9,12,14H2,1-3H3,(H,28,29). The summed E-state index contributed by atoms with van der Waals surface area (Å²) in [6.45, 7) is 6.25. The number of hydrogen-bond donors (Lipinski definition) is 1. The van der Waals surface area contributed by atoms with E-state index in [1.54, 1.807) is 28.8 Å². The summed E-state index contributed by atoms with van der Waals surface area (Å²) >= 11 is 6.36. The molecular formula is C24H27ClN2O5S. The van der Waals surface area contributed by atoms with Crippen LogP contribution < -0.4 is 4.74 Å². The second-order valence-corrected chi connectivity index (χ2v) is 11.1. The summed E-state index contributed by atoms with van der Waals surface area (Å²) in [4.78, 5) is 11.6. The topological polar surface area (TPSA) is 88.8 Å². The molecule has 2 heterocycles. The van der Waals surface area contributed by atoms with Crippen molar-refractivity contribution in [1.29, 1.82) is 0 Å². The smallest absolute Gasteiger partial charge is 0.323 e. The summed E-state index contributed by atoms with van der Waals surface area (Å²) in [5.41, 5.74) is 2.57. The molecule has 1 fully saturated rings. The Kier molecular flexibility index (Phi) is 6.44. The van der Waals surface area contributed by atoms with Crippen molar-refractivity contribution in [3.05, 3.63) is 58.7 Å². The van der Waals surface area contributed by atoms with Gasteiger partial charge in [-0.3, -0.25) is 4.79 Å². The third kappa shape index (κ3) is 4.74. The van der Waals surface area contributed by atoms with Gasteiger partial charge in [-0.15, -0.1) is 0 Å². The van der Waals surface area contributed by atoms with Gasteiger partial charge in [0.25, 0.3) is 0 Å². The largest absolute Gasteiger partial charge is 0.491 e. The molecule has 0 bridgehead atoms. The van der Waals surface area contributed by atoms with Crippen molar-refractivity contribution in [2.75, 3.05) is 13.1 Å². The van der Waals surface area contributed by atoms with Crippen LogP contribution in [-0.2, 0) is 21.4 Å². The summed E-state index contributed by atoms with van der Waals surface area (Å²) in [5, 5.41) is 10.8. The minimum absolute atomic E-state index is 0.00680. The Morgan fingerprint density at radius 1 is 1.24 bits per heavy atom. The van der Waals surface area contributed by atoms with Crippen molar-refractivity contribution in [2.45, 2.75) is 50.7 Å². The third-order valence-corrected chi connectivity index (χ3v) is 8.21. The van der Waals surface area contributed by atoms with Gasteiger partial charge in [-0.2, -0.15) is 4.31 Å². The number of benzene rings is 2. The van der Waals surface area contributed by atoms with Crippen molar-refractivity contribution < 1.29 is 23.1 Å². The number of aliphatic carboxylic acids is 1. The molecular weight excluding hydrogens is 464 g/mol. The number of fused-ring (bicyclic) bond motifs is 1. The molecule has 1 aliphatic rings. The van der Waals surface area contributed by atoms with Gasteiger partial charge in [0.2, 0.25) is 10.0 Å². The van der Waals surface area contributed by atoms with Gasteiger partial charge in [-0.1, -0.05) is 11.6 Å². The molecule has 1 N–H and O–H groups in total. The van der Waals surface area contributed by atoms with Crippen LogP contribution >= 0.6 is 11.6 Å². The van der Waals surface area contributed by atoms with Gasteiger partial charge in [-0.05, 0) is 74.7 Å². The summed E-state index contributed by atoms with van der Waals surface area (Å²) in [7, 11) is -3.65. The number of hydrogen-bond acceptors (Lipinski definition) is 4. The number of nitrogens with zero attached hydrogens (tertiary/aromatic N) is 2. The lowest BCUT2D eigenvalue weighted by molar-refractivity contribution is -0.137. The molecule has 0 radical (unpaired) electrons. The van der Waals surface area contributed by atoms with E-state index >= 15 is 0 Å². The van der Waals surface area contributed by atoms with Crippen LogP contribution in [0, 0.1) is 6.92 Å². The van der Waals surface area contributed by atoms with Crippen LogP contribution in [0.5, 0.6) is 5.75 Å². The molecule has 4 rings (SSSR count). The van der Waals surface area contributed by atoms with Crippen LogP contribution in [0.25, 0.3) is 10.9 Å². The summed E-state index contributed by atoms with van der Waals surface area (Å²) in [5.74, 6) is -0.368. The Morgan fingerprint density at radius 2 is 1.94 bits per heavy atom. The third-order valence-electron chi connectivity index (χ3n) is 5.92. The normalized spacial score (nSPS) is 17.2. The van der Waals surface area contributed by atoms with Crippen LogP contribution in [0.1, 0.15) is 37.3 Å². The monoisotopic (exact) mass is 490 g/mol. The molecule has 0 amide bonds. The lowest BCUT2D eigenvalue weighted by Crippen LogP contribution is -2.28. The zero-order valence-corrected chi connectivity index (χ0v) is 20.4. The van der Waals surface area contributed by atoms with E-state index < -0.39 is 16.0 Å². The van der Waals surface area contributed by atoms with Gasteiger partial charge in [0.05, 0.1) is 11.0 Å². The number of aromatic nitrogens is 1. The fourth-order valence-electron chi connectivity index (χ4n) is 4.36. The number of carboxylic acid groups (broad SMARTS) is 1. The van der Waals surface area contributed by atoms with Crippen molar-refractivity contribution >= 4 is 38.5 Å². The van der Waals surface area contributed by atoms with E-state index in [0.717, 1.165) is 22.0 Å². The zero-order chi connectivity index (χ0) is 23.9. The van der Waals surface area contributed by atoms with Gasteiger partial charge in [0, 0.05) is 41.1 Å². The molecule has 1 aliphatic heterocycles. The first-order chi connectivity index (χ1) is 15.6. The van der Waals surface area contributed by atoms with Crippen molar-refractivity contribution in [2.24, 2.45) is 0 Å². The maximum atomic E-state index is 13.2. The minimum atomic E-state index is -3.65. The zero-order valence-electron chi connectivity index (χ0n) is 18.8. The lowest BCUT2D eigenvalue weighted by Gasteiger charge is -2.17. The molecule has 2 aromatic carbocycles. The average molecular weight is 491 g/mol. The van der Waals surface area contributed by atoms with Gasteiger partial charge < -0.3 is 14.4 Å². The number of aryl methyl sites for hydroxylation is 1. The van der Waals surface area contributed by atoms with Crippen molar-refractivity contribution in [1.82, 2.24) is 8.87 Å². The molecule has 0 spiro atoms. The van der Waals surface area contributed by atoms with Crippen LogP contribution in [0.15, 0.2) is 47.5 Å². The maximum absolute atomic E-state index is 13.2. The van der Waals surface area contributed by atoms with E-state index in [0.29, 0.717) is 30.3 Å². The molecule has 176 valence electrons. The first-order valence-corrected chi connectivity index (χ1v) is 12.7. The molecule has 7 nitrogen and oxygen atoms in total. The number of carbonyl (C=O) groups is 1. The predicted molar refractivity (Wildman–Crippen MR) is 128 cm³/mol. The van der Waals surface area contributed by atoms with E-state index in [9.17, 15) is 18.3 Å². The first-order valence-electron chi connectivity index (χ1n) is 10.8. The molecule has 1 unspecified atom stereocenters. The molecule has 33 heavy (non-hydrogen) atoms. The number of carboxylic acids is 1. The highest BCUT2D eigenvalue weighted by atomic mass is 35.5. The number of ether oxygens (including phenoxy) is 1. The Labute approximate surface area is 198 Å². The average Bonchev–Trinajstić information content (AvgIpc) is 3.34.